The molecule has 116 valence electrons. The number of nitrogens with one attached hydrogen (secondary N) is 1. The van der Waals surface area contributed by atoms with Gasteiger partial charge in [0.25, 0.3) is 0 Å². The minimum Gasteiger partial charge on any atom is -0.475 e. The lowest BCUT2D eigenvalue weighted by atomic mass is 10.1. The van der Waals surface area contributed by atoms with Crippen molar-refractivity contribution in [1.82, 2.24) is 0 Å². The second-order valence-corrected chi connectivity index (χ2v) is 5.17. The van der Waals surface area contributed by atoms with Crippen LogP contribution < -0.4 is 5.32 Å². The Morgan fingerprint density at radius 1 is 1.23 bits per heavy atom. The quantitative estimate of drug-likeness (QED) is 0.842. The van der Waals surface area contributed by atoms with E-state index >= 15 is 0 Å². The number of carboxylic acid groups (broad SMARTS) is 1. The van der Waals surface area contributed by atoms with Gasteiger partial charge in [0, 0.05) is 12.0 Å². The summed E-state index contributed by atoms with van der Waals surface area (Å²) in [7, 11) is 0. The van der Waals surface area contributed by atoms with Gasteiger partial charge in [0.05, 0.1) is 5.69 Å². The van der Waals surface area contributed by atoms with E-state index in [0.29, 0.717) is 23.4 Å². The van der Waals surface area contributed by atoms with Crippen molar-refractivity contribution in [2.45, 2.75) is 33.1 Å². The van der Waals surface area contributed by atoms with Crippen LogP contribution in [0.4, 0.5) is 5.69 Å². The van der Waals surface area contributed by atoms with E-state index in [-0.39, 0.29) is 11.7 Å². The summed E-state index contributed by atoms with van der Waals surface area (Å²) in [6, 6.07) is 8.55. The lowest BCUT2D eigenvalue weighted by Gasteiger charge is -2.10. The molecule has 0 saturated heterocycles. The summed E-state index contributed by atoms with van der Waals surface area (Å²) in [4.78, 5) is 22.9. The predicted molar refractivity (Wildman–Crippen MR) is 84.0 cm³/mol. The number of rotatable bonds is 6. The van der Waals surface area contributed by atoms with Gasteiger partial charge in [-0.25, -0.2) is 4.79 Å². The number of amides is 1. The molecule has 0 fully saturated rings. The molecular weight excluding hydrogens is 282 g/mol. The molecule has 1 aromatic heterocycles. The van der Waals surface area contributed by atoms with E-state index < -0.39 is 5.97 Å². The third kappa shape index (κ3) is 3.75. The van der Waals surface area contributed by atoms with Crippen molar-refractivity contribution in [3.63, 3.8) is 0 Å². The number of benzene rings is 1. The first-order valence-corrected chi connectivity index (χ1v) is 7.25. The molecule has 5 nitrogen and oxygen atoms in total. The molecule has 0 radical (unpaired) electrons. The standard InChI is InChI=1S/C17H19NO4/c1-3-4-5-16(19)18-13-10-11(2)6-7-12(13)14-8-9-15(22-14)17(20)21/h6-10H,3-5H2,1-2H3,(H,18,19)(H,20,21). The number of carbonyl (C=O) groups excluding carboxylic acids is 1. The van der Waals surface area contributed by atoms with Gasteiger partial charge in [-0.05, 0) is 43.2 Å². The van der Waals surface area contributed by atoms with Crippen molar-refractivity contribution in [1.29, 1.82) is 0 Å². The molecule has 0 aliphatic rings. The predicted octanol–water partition coefficient (Wildman–Crippen LogP) is 4.08. The molecule has 0 aliphatic heterocycles. The Bertz CT molecular complexity index is 688. The fourth-order valence-electron chi connectivity index (χ4n) is 2.12. The zero-order chi connectivity index (χ0) is 16.1. The first-order chi connectivity index (χ1) is 10.5. The van der Waals surface area contributed by atoms with Crippen molar-refractivity contribution in [3.05, 3.63) is 41.7 Å². The molecule has 2 aromatic rings. The van der Waals surface area contributed by atoms with Crippen LogP contribution in [0.3, 0.4) is 0 Å². The average molecular weight is 301 g/mol. The molecule has 0 unspecified atom stereocenters. The van der Waals surface area contributed by atoms with Gasteiger partial charge >= 0.3 is 5.97 Å². The van der Waals surface area contributed by atoms with E-state index in [0.717, 1.165) is 18.4 Å². The number of carbonyl (C=O) groups is 2. The summed E-state index contributed by atoms with van der Waals surface area (Å²) >= 11 is 0. The van der Waals surface area contributed by atoms with Crippen LogP contribution in [0.1, 0.15) is 42.3 Å². The highest BCUT2D eigenvalue weighted by Gasteiger charge is 2.14. The molecule has 2 N–H and O–H groups in total. The number of aromatic carboxylic acids is 1. The summed E-state index contributed by atoms with van der Waals surface area (Å²) in [5, 5.41) is 11.8. The van der Waals surface area contributed by atoms with E-state index in [2.05, 4.69) is 5.32 Å². The summed E-state index contributed by atoms with van der Waals surface area (Å²) in [6.07, 6.45) is 2.24. The molecule has 1 amide bonds. The van der Waals surface area contributed by atoms with Gasteiger partial charge in [-0.1, -0.05) is 19.4 Å². The highest BCUT2D eigenvalue weighted by molar-refractivity contribution is 5.95. The number of hydrogen-bond acceptors (Lipinski definition) is 3. The first-order valence-electron chi connectivity index (χ1n) is 7.25. The van der Waals surface area contributed by atoms with E-state index in [4.69, 9.17) is 9.52 Å². The van der Waals surface area contributed by atoms with Gasteiger partial charge < -0.3 is 14.8 Å². The fraction of sp³-hybridized carbons (Fsp3) is 0.294. The van der Waals surface area contributed by atoms with Gasteiger partial charge in [0.2, 0.25) is 11.7 Å². The van der Waals surface area contributed by atoms with Gasteiger partial charge in [0.15, 0.2) is 0 Å². The van der Waals surface area contributed by atoms with Gasteiger partial charge in [-0.3, -0.25) is 4.79 Å². The molecule has 0 atom stereocenters. The van der Waals surface area contributed by atoms with Crippen LogP contribution in [-0.4, -0.2) is 17.0 Å². The lowest BCUT2D eigenvalue weighted by molar-refractivity contribution is -0.116. The third-order valence-corrected chi connectivity index (χ3v) is 3.29. The molecule has 0 bridgehead atoms. The molecule has 0 aliphatic carbocycles. The Labute approximate surface area is 129 Å². The van der Waals surface area contributed by atoms with Crippen molar-refractivity contribution >= 4 is 17.6 Å². The zero-order valence-electron chi connectivity index (χ0n) is 12.7. The zero-order valence-corrected chi connectivity index (χ0v) is 12.7. The Morgan fingerprint density at radius 2 is 2.00 bits per heavy atom. The second-order valence-electron chi connectivity index (χ2n) is 5.17. The maximum atomic E-state index is 11.9. The summed E-state index contributed by atoms with van der Waals surface area (Å²) in [5.41, 5.74) is 2.30. The summed E-state index contributed by atoms with van der Waals surface area (Å²) in [6.45, 7) is 3.96. The summed E-state index contributed by atoms with van der Waals surface area (Å²) in [5.74, 6) is -0.882. The molecule has 1 heterocycles. The van der Waals surface area contributed by atoms with Crippen molar-refractivity contribution < 1.29 is 19.1 Å². The number of unbranched alkanes of at least 4 members (excludes halogenated alkanes) is 1. The third-order valence-electron chi connectivity index (χ3n) is 3.29. The van der Waals surface area contributed by atoms with Gasteiger partial charge in [-0.2, -0.15) is 0 Å². The minimum atomic E-state index is -1.12. The molecular formula is C17H19NO4. The minimum absolute atomic E-state index is 0.0567. The van der Waals surface area contributed by atoms with Crippen molar-refractivity contribution in [3.8, 4) is 11.3 Å². The van der Waals surface area contributed by atoms with Crippen molar-refractivity contribution in [2.75, 3.05) is 5.32 Å². The van der Waals surface area contributed by atoms with Gasteiger partial charge in [0.1, 0.15) is 5.76 Å². The Kier molecular flexibility index (Phi) is 4.99. The van der Waals surface area contributed by atoms with Crippen LogP contribution in [0.25, 0.3) is 11.3 Å². The SMILES string of the molecule is CCCCC(=O)Nc1cc(C)ccc1-c1ccc(C(=O)O)o1. The number of aryl methyl sites for hydroxylation is 1. The highest BCUT2D eigenvalue weighted by Crippen LogP contribution is 2.30. The average Bonchev–Trinajstić information content (AvgIpc) is 2.95. The number of anilines is 1. The molecule has 5 heteroatoms. The summed E-state index contributed by atoms with van der Waals surface area (Å²) < 4.78 is 5.32. The van der Waals surface area contributed by atoms with Crippen LogP contribution in [0.15, 0.2) is 34.7 Å². The topological polar surface area (TPSA) is 79.5 Å². The largest absolute Gasteiger partial charge is 0.475 e. The van der Waals surface area contributed by atoms with E-state index in [9.17, 15) is 9.59 Å². The van der Waals surface area contributed by atoms with Crippen LogP contribution in [0.2, 0.25) is 0 Å². The first kappa shape index (κ1) is 15.8. The maximum absolute atomic E-state index is 11.9. The molecule has 1 aromatic carbocycles. The smallest absolute Gasteiger partial charge is 0.371 e. The monoisotopic (exact) mass is 301 g/mol. The van der Waals surface area contributed by atoms with Gasteiger partial charge in [-0.15, -0.1) is 0 Å². The highest BCUT2D eigenvalue weighted by atomic mass is 16.4. The Morgan fingerprint density at radius 3 is 2.64 bits per heavy atom. The molecule has 0 saturated carbocycles. The lowest BCUT2D eigenvalue weighted by Crippen LogP contribution is -2.11. The van der Waals surface area contributed by atoms with E-state index in [1.807, 2.05) is 32.0 Å². The van der Waals surface area contributed by atoms with E-state index in [1.165, 1.54) is 6.07 Å². The Hall–Kier alpha value is -2.56. The second kappa shape index (κ2) is 6.93. The number of carboxylic acids is 1. The normalized spacial score (nSPS) is 10.5. The van der Waals surface area contributed by atoms with Crippen LogP contribution >= 0.6 is 0 Å². The van der Waals surface area contributed by atoms with Crippen molar-refractivity contribution in [2.24, 2.45) is 0 Å². The molecule has 22 heavy (non-hydrogen) atoms. The maximum Gasteiger partial charge on any atom is 0.371 e. The van der Waals surface area contributed by atoms with Crippen LogP contribution in [0, 0.1) is 6.92 Å². The van der Waals surface area contributed by atoms with E-state index in [1.54, 1.807) is 6.07 Å². The van der Waals surface area contributed by atoms with Crippen LogP contribution in [-0.2, 0) is 4.79 Å². The Balaban J connectivity index is 2.30. The fourth-order valence-corrected chi connectivity index (χ4v) is 2.12. The number of hydrogen-bond donors (Lipinski definition) is 2. The van der Waals surface area contributed by atoms with Crippen LogP contribution in [0.5, 0.6) is 0 Å². The number of furan rings is 1. The molecule has 0 spiro atoms. The molecule has 2 rings (SSSR count).